The number of carbonyl (C=O) groups is 2. The van der Waals surface area contributed by atoms with Gasteiger partial charge in [-0.15, -0.1) is 0 Å². The summed E-state index contributed by atoms with van der Waals surface area (Å²) in [4.78, 5) is 22.5. The van der Waals surface area contributed by atoms with E-state index in [1.54, 1.807) is 4.90 Å². The maximum atomic E-state index is 12.0. The molecule has 1 rings (SSSR count). The molecule has 1 aliphatic rings. The second-order valence-corrected chi connectivity index (χ2v) is 5.01. The molecule has 7 nitrogen and oxygen atoms in total. The van der Waals surface area contributed by atoms with E-state index in [0.717, 1.165) is 12.8 Å². The lowest BCUT2D eigenvalue weighted by Crippen LogP contribution is -2.52. The molecule has 0 aromatic rings. The maximum absolute atomic E-state index is 12.0. The van der Waals surface area contributed by atoms with Crippen molar-refractivity contribution in [2.24, 2.45) is 11.8 Å². The Balaban J connectivity index is 0.000000534. The molecule has 2 atom stereocenters. The molecule has 0 saturated carbocycles. The zero-order chi connectivity index (χ0) is 17.5. The van der Waals surface area contributed by atoms with Crippen molar-refractivity contribution in [3.8, 4) is 6.07 Å². The van der Waals surface area contributed by atoms with Crippen molar-refractivity contribution in [1.82, 2.24) is 10.3 Å². The van der Waals surface area contributed by atoms with Crippen LogP contribution in [0.1, 0.15) is 26.7 Å². The van der Waals surface area contributed by atoms with E-state index >= 15 is 0 Å². The third kappa shape index (κ3) is 5.87. The first-order valence-corrected chi connectivity index (χ1v) is 6.52. The molecule has 0 aromatic carbocycles. The fourth-order valence-electron chi connectivity index (χ4n) is 1.89. The van der Waals surface area contributed by atoms with Crippen LogP contribution in [0.2, 0.25) is 0 Å². The van der Waals surface area contributed by atoms with Crippen LogP contribution in [0.15, 0.2) is 0 Å². The first-order chi connectivity index (χ1) is 10.1. The molecule has 1 heterocycles. The molecule has 126 valence electrons. The fourth-order valence-corrected chi connectivity index (χ4v) is 1.89. The topological polar surface area (TPSA) is 119 Å². The van der Waals surface area contributed by atoms with Crippen LogP contribution >= 0.6 is 0 Å². The van der Waals surface area contributed by atoms with Gasteiger partial charge in [0.1, 0.15) is 12.1 Å². The Morgan fingerprint density at radius 3 is 2.27 bits per heavy atom. The molecule has 0 spiro atoms. The Morgan fingerprint density at radius 1 is 1.45 bits per heavy atom. The van der Waals surface area contributed by atoms with Gasteiger partial charge < -0.3 is 10.0 Å². The highest BCUT2D eigenvalue weighted by Gasteiger charge is 2.38. The number of carboxylic acids is 1. The van der Waals surface area contributed by atoms with Crippen LogP contribution in [0.25, 0.3) is 0 Å². The van der Waals surface area contributed by atoms with Crippen LogP contribution in [0, 0.1) is 17.2 Å². The van der Waals surface area contributed by atoms with Gasteiger partial charge in [-0.05, 0) is 18.8 Å². The molecular formula is C12H19F3N4O3. The molecular weight excluding hydrogens is 305 g/mol. The maximum Gasteiger partial charge on any atom is 0.490 e. The van der Waals surface area contributed by atoms with Gasteiger partial charge in [0.2, 0.25) is 5.91 Å². The highest BCUT2D eigenvalue weighted by Crippen LogP contribution is 2.19. The molecule has 2 unspecified atom stereocenters. The Morgan fingerprint density at radius 2 is 1.95 bits per heavy atom. The molecule has 1 aliphatic heterocycles. The first kappa shape index (κ1) is 20.1. The zero-order valence-electron chi connectivity index (χ0n) is 12.2. The van der Waals surface area contributed by atoms with Crippen LogP contribution in [-0.4, -0.2) is 46.7 Å². The number of likely N-dealkylation sites (tertiary alicyclic amines) is 1. The molecule has 22 heavy (non-hydrogen) atoms. The largest absolute Gasteiger partial charge is 0.490 e. The molecule has 1 fully saturated rings. The van der Waals surface area contributed by atoms with Crippen LogP contribution in [0.3, 0.4) is 0 Å². The van der Waals surface area contributed by atoms with Crippen molar-refractivity contribution in [3.63, 3.8) is 0 Å². The lowest BCUT2D eigenvalue weighted by molar-refractivity contribution is -0.192. The standard InChI is InChI=1S/C10H18N4O.C2HF3O2/c1-7(2)9(13-12)10(15)14-5-3-4-8(14)6-11;3-2(4,5)1(6)7/h7-9,13H,3-5,12H2,1-2H3;(H,6,7). The summed E-state index contributed by atoms with van der Waals surface area (Å²) in [5.74, 6) is 2.66. The predicted octanol–water partition coefficient (Wildman–Crippen LogP) is 0.622. The number of carbonyl (C=O) groups excluding carboxylic acids is 1. The molecule has 4 N–H and O–H groups in total. The average molecular weight is 324 g/mol. The van der Waals surface area contributed by atoms with E-state index in [-0.39, 0.29) is 23.9 Å². The Bertz CT molecular complexity index is 434. The monoisotopic (exact) mass is 324 g/mol. The minimum absolute atomic E-state index is 0.0587. The first-order valence-electron chi connectivity index (χ1n) is 6.52. The van der Waals surface area contributed by atoms with Crippen molar-refractivity contribution in [2.45, 2.75) is 44.9 Å². The van der Waals surface area contributed by atoms with E-state index < -0.39 is 12.1 Å². The molecule has 1 saturated heterocycles. The van der Waals surface area contributed by atoms with Crippen LogP contribution in [0.5, 0.6) is 0 Å². The average Bonchev–Trinajstić information content (AvgIpc) is 2.86. The highest BCUT2D eigenvalue weighted by atomic mass is 19.4. The van der Waals surface area contributed by atoms with Gasteiger partial charge in [-0.25, -0.2) is 10.2 Å². The van der Waals surface area contributed by atoms with Crippen LogP contribution < -0.4 is 11.3 Å². The normalized spacial score (nSPS) is 19.2. The third-order valence-corrected chi connectivity index (χ3v) is 3.04. The second-order valence-electron chi connectivity index (χ2n) is 5.01. The van der Waals surface area contributed by atoms with E-state index in [0.29, 0.717) is 6.54 Å². The van der Waals surface area contributed by atoms with Gasteiger partial charge in [-0.1, -0.05) is 13.8 Å². The minimum atomic E-state index is -5.08. The summed E-state index contributed by atoms with van der Waals surface area (Å²) < 4.78 is 31.7. The Labute approximate surface area is 125 Å². The third-order valence-electron chi connectivity index (χ3n) is 3.04. The number of nitriles is 1. The summed E-state index contributed by atoms with van der Waals surface area (Å²) in [7, 11) is 0. The number of hydrogen-bond acceptors (Lipinski definition) is 5. The van der Waals surface area contributed by atoms with Gasteiger partial charge in [0.05, 0.1) is 6.07 Å². The van der Waals surface area contributed by atoms with E-state index in [1.165, 1.54) is 0 Å². The molecule has 0 aromatic heterocycles. The summed E-state index contributed by atoms with van der Waals surface area (Å²) in [6, 6.07) is 1.49. The van der Waals surface area contributed by atoms with E-state index in [9.17, 15) is 18.0 Å². The molecule has 0 bridgehead atoms. The summed E-state index contributed by atoms with van der Waals surface area (Å²) in [5.41, 5.74) is 2.52. The molecule has 0 radical (unpaired) electrons. The summed E-state index contributed by atoms with van der Waals surface area (Å²) in [6.45, 7) is 4.53. The Hall–Kier alpha value is -1.86. The molecule has 1 amide bonds. The van der Waals surface area contributed by atoms with Gasteiger partial charge in [-0.3, -0.25) is 10.6 Å². The summed E-state index contributed by atoms with van der Waals surface area (Å²) in [5, 5.41) is 16.0. The second kappa shape index (κ2) is 8.55. The number of aliphatic carboxylic acids is 1. The van der Waals surface area contributed by atoms with Gasteiger partial charge in [-0.2, -0.15) is 18.4 Å². The van der Waals surface area contributed by atoms with E-state index in [2.05, 4.69) is 11.5 Å². The number of rotatable bonds is 3. The summed E-state index contributed by atoms with van der Waals surface area (Å²) >= 11 is 0. The van der Waals surface area contributed by atoms with E-state index in [4.69, 9.17) is 21.0 Å². The summed E-state index contributed by atoms with van der Waals surface area (Å²) in [6.07, 6.45) is -3.41. The quantitative estimate of drug-likeness (QED) is 0.517. The number of halogens is 3. The number of hydrazine groups is 1. The number of alkyl halides is 3. The lowest BCUT2D eigenvalue weighted by Gasteiger charge is -2.27. The van der Waals surface area contributed by atoms with Gasteiger partial charge in [0, 0.05) is 6.54 Å². The zero-order valence-corrected chi connectivity index (χ0v) is 12.2. The van der Waals surface area contributed by atoms with Crippen molar-refractivity contribution < 1.29 is 27.9 Å². The van der Waals surface area contributed by atoms with E-state index in [1.807, 2.05) is 13.8 Å². The van der Waals surface area contributed by atoms with Crippen molar-refractivity contribution in [1.29, 1.82) is 5.26 Å². The van der Waals surface area contributed by atoms with Crippen LogP contribution in [0.4, 0.5) is 13.2 Å². The number of hydrogen-bond donors (Lipinski definition) is 3. The number of nitrogens with two attached hydrogens (primary N) is 1. The SMILES string of the molecule is CC(C)C(NN)C(=O)N1CCCC1C#N.O=C(O)C(F)(F)F. The van der Waals surface area contributed by atoms with Gasteiger partial charge >= 0.3 is 12.1 Å². The minimum Gasteiger partial charge on any atom is -0.475 e. The van der Waals surface area contributed by atoms with Crippen molar-refractivity contribution in [2.75, 3.05) is 6.54 Å². The fraction of sp³-hybridized carbons (Fsp3) is 0.750. The number of nitrogens with zero attached hydrogens (tertiary/aromatic N) is 2. The number of nitrogens with one attached hydrogen (secondary N) is 1. The molecule has 10 heteroatoms. The highest BCUT2D eigenvalue weighted by molar-refractivity contribution is 5.83. The lowest BCUT2D eigenvalue weighted by atomic mass is 10.0. The number of amides is 1. The number of carboxylic acid groups (broad SMARTS) is 1. The Kier molecular flexibility index (Phi) is 7.83. The van der Waals surface area contributed by atoms with Crippen LogP contribution in [-0.2, 0) is 9.59 Å². The van der Waals surface area contributed by atoms with Crippen molar-refractivity contribution >= 4 is 11.9 Å². The van der Waals surface area contributed by atoms with Crippen molar-refractivity contribution in [3.05, 3.63) is 0 Å². The van der Waals surface area contributed by atoms with Gasteiger partial charge in [0.25, 0.3) is 0 Å². The smallest absolute Gasteiger partial charge is 0.475 e. The predicted molar refractivity (Wildman–Crippen MR) is 70.0 cm³/mol. The molecule has 0 aliphatic carbocycles. The van der Waals surface area contributed by atoms with Gasteiger partial charge in [0.15, 0.2) is 0 Å².